The number of rotatable bonds is 4. The summed E-state index contributed by atoms with van der Waals surface area (Å²) < 4.78 is 45.4. The first-order valence-corrected chi connectivity index (χ1v) is 7.03. The van der Waals surface area contributed by atoms with Crippen LogP contribution in [0, 0.1) is 0 Å². The Morgan fingerprint density at radius 3 is 2.55 bits per heavy atom. The summed E-state index contributed by atoms with van der Waals surface area (Å²) in [5.41, 5.74) is -1.25. The van der Waals surface area contributed by atoms with E-state index in [2.05, 4.69) is 4.90 Å². The molecule has 22 heavy (non-hydrogen) atoms. The lowest BCUT2D eigenvalue weighted by Gasteiger charge is -2.30. The first-order valence-electron chi connectivity index (χ1n) is 7.03. The minimum absolute atomic E-state index is 0.273. The van der Waals surface area contributed by atoms with Gasteiger partial charge in [0.2, 0.25) is 0 Å². The molecule has 0 atom stereocenters. The van der Waals surface area contributed by atoms with Gasteiger partial charge < -0.3 is 14.7 Å². The van der Waals surface area contributed by atoms with Crippen LogP contribution in [0.4, 0.5) is 13.2 Å². The summed E-state index contributed by atoms with van der Waals surface area (Å²) in [6.07, 6.45) is -4.31. The van der Waals surface area contributed by atoms with Gasteiger partial charge in [-0.05, 0) is 31.5 Å². The molecule has 0 aliphatic carbocycles. The number of halogens is 3. The molecule has 1 aromatic rings. The van der Waals surface area contributed by atoms with E-state index < -0.39 is 24.1 Å². The summed E-state index contributed by atoms with van der Waals surface area (Å²) in [4.78, 5) is 12.9. The molecule has 4 nitrogen and oxygen atoms in total. The van der Waals surface area contributed by atoms with E-state index >= 15 is 0 Å². The third-order valence-electron chi connectivity index (χ3n) is 3.70. The van der Waals surface area contributed by atoms with Crippen molar-refractivity contribution in [1.82, 2.24) is 4.90 Å². The number of likely N-dealkylation sites (tertiary alicyclic amines) is 1. The molecule has 0 amide bonds. The van der Waals surface area contributed by atoms with Gasteiger partial charge in [0, 0.05) is 13.1 Å². The number of aliphatic carboxylic acids is 1. The molecule has 1 heterocycles. The third-order valence-corrected chi connectivity index (χ3v) is 3.70. The van der Waals surface area contributed by atoms with Gasteiger partial charge in [0.1, 0.15) is 17.4 Å². The van der Waals surface area contributed by atoms with Crippen LogP contribution in [0.1, 0.15) is 24.0 Å². The van der Waals surface area contributed by atoms with E-state index in [4.69, 9.17) is 9.84 Å². The summed E-state index contributed by atoms with van der Waals surface area (Å²) >= 11 is 0. The minimum atomic E-state index is -4.65. The zero-order valence-electron chi connectivity index (χ0n) is 12.2. The van der Waals surface area contributed by atoms with Crippen molar-refractivity contribution >= 4 is 5.97 Å². The molecular weight excluding hydrogens is 299 g/mol. The van der Waals surface area contributed by atoms with Crippen LogP contribution in [0.3, 0.4) is 0 Å². The molecule has 0 spiro atoms. The van der Waals surface area contributed by atoms with Crippen molar-refractivity contribution in [2.75, 3.05) is 20.1 Å². The van der Waals surface area contributed by atoms with Crippen LogP contribution in [0.25, 0.3) is 0 Å². The number of carboxylic acids is 1. The number of carboxylic acid groups (broad SMARTS) is 1. The summed E-state index contributed by atoms with van der Waals surface area (Å²) in [5, 5.41) is 8.78. The fourth-order valence-corrected chi connectivity index (χ4v) is 2.59. The van der Waals surface area contributed by atoms with Gasteiger partial charge in [-0.3, -0.25) is 4.79 Å². The van der Waals surface area contributed by atoms with Crippen LogP contribution < -0.4 is 4.74 Å². The van der Waals surface area contributed by atoms with E-state index in [1.807, 2.05) is 7.05 Å². The van der Waals surface area contributed by atoms with E-state index in [1.165, 1.54) is 18.2 Å². The molecule has 122 valence electrons. The Kier molecular flexibility index (Phi) is 4.95. The number of nitrogens with zero attached hydrogens (tertiary/aromatic N) is 1. The summed E-state index contributed by atoms with van der Waals surface area (Å²) in [7, 11) is 1.95. The zero-order chi connectivity index (χ0) is 16.3. The predicted molar refractivity (Wildman–Crippen MR) is 73.9 cm³/mol. The number of benzene rings is 1. The molecule has 0 saturated carbocycles. The molecule has 1 N–H and O–H groups in total. The van der Waals surface area contributed by atoms with E-state index in [9.17, 15) is 18.0 Å². The van der Waals surface area contributed by atoms with Crippen molar-refractivity contribution in [2.45, 2.75) is 31.5 Å². The van der Waals surface area contributed by atoms with Crippen LogP contribution in [0.2, 0.25) is 0 Å². The Bertz CT molecular complexity index is 537. The van der Waals surface area contributed by atoms with Crippen molar-refractivity contribution < 1.29 is 27.8 Å². The highest BCUT2D eigenvalue weighted by molar-refractivity contribution is 5.71. The van der Waals surface area contributed by atoms with Crippen LogP contribution in [0.15, 0.2) is 18.2 Å². The Hall–Kier alpha value is -1.76. The molecule has 1 fully saturated rings. The monoisotopic (exact) mass is 317 g/mol. The number of hydrogen-bond acceptors (Lipinski definition) is 3. The third kappa shape index (κ3) is 4.13. The lowest BCUT2D eigenvalue weighted by atomic mass is 10.0. The number of ether oxygens (including phenoxy) is 1. The Balaban J connectivity index is 2.28. The second kappa shape index (κ2) is 6.56. The average Bonchev–Trinajstić information content (AvgIpc) is 2.39. The second-order valence-corrected chi connectivity index (χ2v) is 5.48. The van der Waals surface area contributed by atoms with Crippen LogP contribution in [0.5, 0.6) is 5.75 Å². The van der Waals surface area contributed by atoms with Gasteiger partial charge in [-0.15, -0.1) is 0 Å². The lowest BCUT2D eigenvalue weighted by molar-refractivity contribution is -0.141. The molecule has 1 aliphatic heterocycles. The maximum Gasteiger partial charge on any atom is 0.420 e. The number of carbonyl (C=O) groups is 1. The van der Waals surface area contributed by atoms with Crippen LogP contribution in [-0.4, -0.2) is 42.2 Å². The molecule has 2 rings (SSSR count). The normalized spacial score (nSPS) is 17.5. The standard InChI is InChI=1S/C15H18F3NO3/c1-19-7-5-11(6-8-19)22-12-4-2-3-10(9-13(20)21)14(12)15(16,17)18/h2-4,11H,5-9H2,1H3,(H,20,21). The minimum Gasteiger partial charge on any atom is -0.490 e. The highest BCUT2D eigenvalue weighted by Gasteiger charge is 2.38. The maximum absolute atomic E-state index is 13.3. The Morgan fingerprint density at radius 1 is 1.36 bits per heavy atom. The highest BCUT2D eigenvalue weighted by Crippen LogP contribution is 2.39. The summed E-state index contributed by atoms with van der Waals surface area (Å²) in [6.45, 7) is 1.53. The molecule has 0 unspecified atom stereocenters. The van der Waals surface area contributed by atoms with Gasteiger partial charge in [0.15, 0.2) is 0 Å². The first-order chi connectivity index (χ1) is 10.3. The SMILES string of the molecule is CN1CCC(Oc2cccc(CC(=O)O)c2C(F)(F)F)CC1. The lowest BCUT2D eigenvalue weighted by Crippen LogP contribution is -2.36. The average molecular weight is 317 g/mol. The van der Waals surface area contributed by atoms with Crippen molar-refractivity contribution in [3.63, 3.8) is 0 Å². The second-order valence-electron chi connectivity index (χ2n) is 5.48. The molecule has 0 radical (unpaired) electrons. The smallest absolute Gasteiger partial charge is 0.420 e. The molecule has 0 bridgehead atoms. The van der Waals surface area contributed by atoms with Crippen molar-refractivity contribution in [2.24, 2.45) is 0 Å². The molecular formula is C15H18F3NO3. The Labute approximate surface area is 126 Å². The van der Waals surface area contributed by atoms with Crippen molar-refractivity contribution in [1.29, 1.82) is 0 Å². The fraction of sp³-hybridized carbons (Fsp3) is 0.533. The number of alkyl halides is 3. The maximum atomic E-state index is 13.3. The summed E-state index contributed by atoms with van der Waals surface area (Å²) in [6, 6.07) is 3.84. The number of hydrogen-bond donors (Lipinski definition) is 1. The van der Waals surface area contributed by atoms with E-state index in [1.54, 1.807) is 0 Å². The van der Waals surface area contributed by atoms with Crippen molar-refractivity contribution in [3.8, 4) is 5.75 Å². The van der Waals surface area contributed by atoms with Gasteiger partial charge in [-0.1, -0.05) is 12.1 Å². The van der Waals surface area contributed by atoms with Gasteiger partial charge in [-0.25, -0.2) is 0 Å². The molecule has 0 aromatic heterocycles. The van der Waals surface area contributed by atoms with E-state index in [-0.39, 0.29) is 17.4 Å². The molecule has 1 saturated heterocycles. The summed E-state index contributed by atoms with van der Waals surface area (Å²) in [5.74, 6) is -1.58. The quantitative estimate of drug-likeness (QED) is 0.928. The topological polar surface area (TPSA) is 49.8 Å². The fourth-order valence-electron chi connectivity index (χ4n) is 2.59. The first kappa shape index (κ1) is 16.6. The Morgan fingerprint density at radius 2 is 2.00 bits per heavy atom. The van der Waals surface area contributed by atoms with Crippen LogP contribution >= 0.6 is 0 Å². The van der Waals surface area contributed by atoms with E-state index in [0.717, 1.165) is 13.1 Å². The van der Waals surface area contributed by atoms with Gasteiger partial charge in [0.05, 0.1) is 6.42 Å². The molecule has 1 aliphatic rings. The zero-order valence-corrected chi connectivity index (χ0v) is 12.2. The van der Waals surface area contributed by atoms with Gasteiger partial charge in [-0.2, -0.15) is 13.2 Å². The molecule has 1 aromatic carbocycles. The van der Waals surface area contributed by atoms with Gasteiger partial charge in [0.25, 0.3) is 0 Å². The highest BCUT2D eigenvalue weighted by atomic mass is 19.4. The van der Waals surface area contributed by atoms with E-state index in [0.29, 0.717) is 12.8 Å². The van der Waals surface area contributed by atoms with Crippen LogP contribution in [-0.2, 0) is 17.4 Å². The molecule has 7 heteroatoms. The van der Waals surface area contributed by atoms with Gasteiger partial charge >= 0.3 is 12.1 Å². The number of piperidine rings is 1. The predicted octanol–water partition coefficient (Wildman–Crippen LogP) is 2.81. The largest absolute Gasteiger partial charge is 0.490 e. The van der Waals surface area contributed by atoms with Crippen molar-refractivity contribution in [3.05, 3.63) is 29.3 Å².